The zero-order valence-corrected chi connectivity index (χ0v) is 11.1. The summed E-state index contributed by atoms with van der Waals surface area (Å²) in [5.74, 6) is 0. The van der Waals surface area contributed by atoms with Crippen molar-refractivity contribution in [3.63, 3.8) is 0 Å². The highest BCUT2D eigenvalue weighted by Crippen LogP contribution is 2.23. The Morgan fingerprint density at radius 1 is 0.944 bits per heavy atom. The lowest BCUT2D eigenvalue weighted by atomic mass is 10.0. The highest BCUT2D eigenvalue weighted by Gasteiger charge is 1.99. The molecule has 0 nitrogen and oxygen atoms in total. The summed E-state index contributed by atoms with van der Waals surface area (Å²) in [7, 11) is 0. The summed E-state index contributed by atoms with van der Waals surface area (Å²) in [5, 5.41) is 0.555. The number of halogens is 1. The maximum atomic E-state index is 5.78. The van der Waals surface area contributed by atoms with E-state index >= 15 is 0 Å². The third-order valence-corrected chi connectivity index (χ3v) is 2.93. The molecule has 1 heteroatoms. The van der Waals surface area contributed by atoms with Crippen LogP contribution in [-0.4, -0.2) is 0 Å². The molecule has 90 valence electrons. The molecule has 0 heterocycles. The van der Waals surface area contributed by atoms with Crippen molar-refractivity contribution in [2.45, 2.75) is 6.92 Å². The van der Waals surface area contributed by atoms with Crippen molar-refractivity contribution in [1.82, 2.24) is 0 Å². The molecule has 2 rings (SSSR count). The molecule has 0 aromatic heterocycles. The molecule has 18 heavy (non-hydrogen) atoms. The van der Waals surface area contributed by atoms with Crippen molar-refractivity contribution in [3.05, 3.63) is 77.8 Å². The van der Waals surface area contributed by atoms with Gasteiger partial charge in [0, 0.05) is 5.03 Å². The smallest absolute Gasteiger partial charge is 0.0337 e. The molecular formula is C17H15Cl. The van der Waals surface area contributed by atoms with Crippen LogP contribution in [0.1, 0.15) is 12.5 Å². The van der Waals surface area contributed by atoms with Crippen LogP contribution in [0.3, 0.4) is 0 Å². The molecule has 2 aromatic rings. The Bertz CT molecular complexity index is 562. The number of hydrogen-bond donors (Lipinski definition) is 0. The topological polar surface area (TPSA) is 0 Å². The van der Waals surface area contributed by atoms with Gasteiger partial charge in [-0.15, -0.1) is 0 Å². The number of rotatable bonds is 3. The minimum absolute atomic E-state index is 0.555. The van der Waals surface area contributed by atoms with Crippen molar-refractivity contribution in [2.75, 3.05) is 0 Å². The monoisotopic (exact) mass is 254 g/mol. The molecule has 0 radical (unpaired) electrons. The van der Waals surface area contributed by atoms with Crippen LogP contribution < -0.4 is 0 Å². The minimum Gasteiger partial charge on any atom is -0.0850 e. The lowest BCUT2D eigenvalue weighted by molar-refractivity contribution is 1.55. The summed E-state index contributed by atoms with van der Waals surface area (Å²) in [5.41, 5.74) is 4.73. The van der Waals surface area contributed by atoms with Crippen LogP contribution in [0.15, 0.2) is 72.3 Å². The fraction of sp³-hybridized carbons (Fsp3) is 0.0588. The zero-order chi connectivity index (χ0) is 13.0. The predicted octanol–water partition coefficient (Wildman–Crippen LogP) is 5.51. The van der Waals surface area contributed by atoms with Crippen molar-refractivity contribution in [2.24, 2.45) is 0 Å². The average molecular weight is 255 g/mol. The molecule has 0 unspecified atom stereocenters. The molecule has 0 spiro atoms. The Morgan fingerprint density at radius 2 is 1.50 bits per heavy atom. The van der Waals surface area contributed by atoms with E-state index in [1.54, 1.807) is 0 Å². The number of allylic oxidation sites excluding steroid dienone is 3. The van der Waals surface area contributed by atoms with Gasteiger partial charge in [-0.25, -0.2) is 0 Å². The van der Waals surface area contributed by atoms with Crippen LogP contribution in [-0.2, 0) is 0 Å². The summed E-state index contributed by atoms with van der Waals surface area (Å²) >= 11 is 5.78. The molecular weight excluding hydrogens is 240 g/mol. The quantitative estimate of drug-likeness (QED) is 0.634. The minimum atomic E-state index is 0.555. The largest absolute Gasteiger partial charge is 0.0850 e. The van der Waals surface area contributed by atoms with E-state index in [9.17, 15) is 0 Å². The van der Waals surface area contributed by atoms with E-state index in [-0.39, 0.29) is 0 Å². The van der Waals surface area contributed by atoms with Gasteiger partial charge < -0.3 is 0 Å². The number of hydrogen-bond acceptors (Lipinski definition) is 0. The van der Waals surface area contributed by atoms with E-state index < -0.39 is 0 Å². The van der Waals surface area contributed by atoms with Crippen molar-refractivity contribution in [3.8, 4) is 11.1 Å². The van der Waals surface area contributed by atoms with Crippen LogP contribution in [0.4, 0.5) is 0 Å². The molecule has 0 N–H and O–H groups in total. The molecule has 0 fully saturated rings. The molecule has 2 aromatic carbocycles. The van der Waals surface area contributed by atoms with Gasteiger partial charge in [-0.05, 0) is 35.3 Å². The van der Waals surface area contributed by atoms with Gasteiger partial charge >= 0.3 is 0 Å². The first kappa shape index (κ1) is 12.7. The van der Waals surface area contributed by atoms with Gasteiger partial charge in [-0.3, -0.25) is 0 Å². The molecule has 0 saturated heterocycles. The summed E-state index contributed by atoms with van der Waals surface area (Å²) < 4.78 is 0. The normalized spacial score (nSPS) is 11.3. The van der Waals surface area contributed by atoms with E-state index in [2.05, 4.69) is 43.0 Å². The van der Waals surface area contributed by atoms with Crippen LogP contribution in [0, 0.1) is 0 Å². The predicted molar refractivity (Wildman–Crippen MR) is 80.5 cm³/mol. The molecule has 0 aliphatic rings. The summed E-state index contributed by atoms with van der Waals surface area (Å²) in [4.78, 5) is 0. The second-order valence-corrected chi connectivity index (χ2v) is 4.70. The molecule has 0 atom stereocenters. The Balaban J connectivity index is 2.29. The van der Waals surface area contributed by atoms with Crippen molar-refractivity contribution >= 4 is 17.2 Å². The first-order valence-electron chi connectivity index (χ1n) is 5.85. The van der Waals surface area contributed by atoms with Gasteiger partial charge in [0.2, 0.25) is 0 Å². The Labute approximate surface area is 113 Å². The van der Waals surface area contributed by atoms with E-state index in [1.165, 1.54) is 11.1 Å². The molecule has 0 aliphatic carbocycles. The van der Waals surface area contributed by atoms with Gasteiger partial charge in [0.1, 0.15) is 0 Å². The Hall–Kier alpha value is -1.79. The van der Waals surface area contributed by atoms with Crippen LogP contribution in [0.25, 0.3) is 16.7 Å². The fourth-order valence-corrected chi connectivity index (χ4v) is 2.04. The highest BCUT2D eigenvalue weighted by molar-refractivity contribution is 6.31. The Kier molecular flexibility index (Phi) is 4.01. The van der Waals surface area contributed by atoms with Crippen LogP contribution in [0.5, 0.6) is 0 Å². The molecule has 0 amide bonds. The van der Waals surface area contributed by atoms with E-state index in [4.69, 9.17) is 11.6 Å². The summed E-state index contributed by atoms with van der Waals surface area (Å²) in [6, 6.07) is 18.8. The van der Waals surface area contributed by atoms with Gasteiger partial charge in [0.15, 0.2) is 0 Å². The third kappa shape index (κ3) is 3.12. The van der Waals surface area contributed by atoms with Crippen molar-refractivity contribution < 1.29 is 0 Å². The summed E-state index contributed by atoms with van der Waals surface area (Å²) in [6.45, 7) is 5.71. The SMILES string of the molecule is C=C(Cl)C=C(C)c1ccc(-c2ccccc2)cc1. The lowest BCUT2D eigenvalue weighted by Crippen LogP contribution is -1.81. The first-order valence-corrected chi connectivity index (χ1v) is 6.23. The van der Waals surface area contributed by atoms with Crippen molar-refractivity contribution in [1.29, 1.82) is 0 Å². The van der Waals surface area contributed by atoms with E-state index in [0.29, 0.717) is 5.03 Å². The van der Waals surface area contributed by atoms with Gasteiger partial charge in [-0.1, -0.05) is 72.8 Å². The maximum absolute atomic E-state index is 5.78. The van der Waals surface area contributed by atoms with Gasteiger partial charge in [-0.2, -0.15) is 0 Å². The van der Waals surface area contributed by atoms with Crippen LogP contribution >= 0.6 is 11.6 Å². The maximum Gasteiger partial charge on any atom is 0.0337 e. The second kappa shape index (κ2) is 5.70. The zero-order valence-electron chi connectivity index (χ0n) is 10.4. The molecule has 0 bridgehead atoms. The van der Waals surface area contributed by atoms with Gasteiger partial charge in [0.05, 0.1) is 0 Å². The molecule has 0 saturated carbocycles. The van der Waals surface area contributed by atoms with Crippen LogP contribution in [0.2, 0.25) is 0 Å². The fourth-order valence-electron chi connectivity index (χ4n) is 1.87. The number of benzene rings is 2. The third-order valence-electron chi connectivity index (χ3n) is 2.82. The van der Waals surface area contributed by atoms with E-state index in [0.717, 1.165) is 11.1 Å². The average Bonchev–Trinajstić information content (AvgIpc) is 2.39. The lowest BCUT2D eigenvalue weighted by Gasteiger charge is -2.05. The Morgan fingerprint density at radius 3 is 2.06 bits per heavy atom. The summed E-state index contributed by atoms with van der Waals surface area (Å²) in [6.07, 6.45) is 1.87. The standard InChI is InChI=1S/C17H15Cl/c1-13(12-14(2)18)15-8-10-17(11-9-15)16-6-4-3-5-7-16/h3-12H,2H2,1H3. The van der Waals surface area contributed by atoms with E-state index in [1.807, 2.05) is 31.2 Å². The highest BCUT2D eigenvalue weighted by atomic mass is 35.5. The first-order chi connectivity index (χ1) is 8.66. The molecule has 0 aliphatic heterocycles. The second-order valence-electron chi connectivity index (χ2n) is 4.22. The van der Waals surface area contributed by atoms with Gasteiger partial charge in [0.25, 0.3) is 0 Å².